The van der Waals surface area contributed by atoms with Gasteiger partial charge in [-0.15, -0.1) is 0 Å². The van der Waals surface area contributed by atoms with Crippen molar-refractivity contribution in [2.75, 3.05) is 13.1 Å². The largest absolute Gasteiger partial charge is 0.316 e. The van der Waals surface area contributed by atoms with Crippen molar-refractivity contribution < 1.29 is 8.78 Å². The maximum atomic E-state index is 12.2. The lowest BCUT2D eigenvalue weighted by Gasteiger charge is -2.21. The van der Waals surface area contributed by atoms with Crippen LogP contribution >= 0.6 is 0 Å². The number of piperidine rings is 1. The molecule has 3 nitrogen and oxygen atoms in total. The predicted octanol–water partition coefficient (Wildman–Crippen LogP) is 1.88. The Bertz CT molecular complexity index is 307. The van der Waals surface area contributed by atoms with E-state index in [9.17, 15) is 8.78 Å². The molecule has 1 saturated heterocycles. The van der Waals surface area contributed by atoms with E-state index in [-0.39, 0.29) is 5.69 Å². The van der Waals surface area contributed by atoms with Gasteiger partial charge >= 0.3 is 0 Å². The number of alkyl halides is 2. The second-order valence-electron chi connectivity index (χ2n) is 3.71. The molecule has 1 fully saturated rings. The molecular weight excluding hydrogens is 200 g/mol. The second kappa shape index (κ2) is 4.61. The van der Waals surface area contributed by atoms with E-state index in [2.05, 4.69) is 15.3 Å². The molecule has 0 spiro atoms. The smallest absolute Gasteiger partial charge is 0.281 e. The molecule has 0 bridgehead atoms. The molecule has 2 rings (SSSR count). The molecule has 0 amide bonds. The Morgan fingerprint density at radius 1 is 1.33 bits per heavy atom. The Balaban J connectivity index is 2.08. The van der Waals surface area contributed by atoms with Gasteiger partial charge in [-0.25, -0.2) is 8.78 Å². The number of nitrogens with one attached hydrogen (secondary N) is 1. The van der Waals surface area contributed by atoms with E-state index in [0.29, 0.717) is 5.92 Å². The van der Waals surface area contributed by atoms with Crippen LogP contribution in [0.3, 0.4) is 0 Å². The van der Waals surface area contributed by atoms with Crippen LogP contribution in [0.5, 0.6) is 0 Å². The number of hydrogen-bond acceptors (Lipinski definition) is 3. The molecule has 1 aromatic heterocycles. The first-order valence-electron chi connectivity index (χ1n) is 5.08. The minimum atomic E-state index is -2.53. The predicted molar refractivity (Wildman–Crippen MR) is 51.8 cm³/mol. The van der Waals surface area contributed by atoms with Crippen LogP contribution in [-0.2, 0) is 0 Å². The summed E-state index contributed by atoms with van der Waals surface area (Å²) in [6.45, 7) is 1.89. The number of halogens is 2. The van der Waals surface area contributed by atoms with Crippen molar-refractivity contribution in [3.8, 4) is 0 Å². The first kappa shape index (κ1) is 10.4. The summed E-state index contributed by atoms with van der Waals surface area (Å²) in [4.78, 5) is 7.75. The van der Waals surface area contributed by atoms with Gasteiger partial charge in [0.15, 0.2) is 0 Å². The number of aromatic nitrogens is 2. The summed E-state index contributed by atoms with van der Waals surface area (Å²) >= 11 is 0. The number of rotatable bonds is 2. The highest BCUT2D eigenvalue weighted by molar-refractivity contribution is 5.09. The van der Waals surface area contributed by atoms with Gasteiger partial charge in [-0.1, -0.05) is 0 Å². The lowest BCUT2D eigenvalue weighted by atomic mass is 9.96. The Kier molecular flexibility index (Phi) is 3.20. The minimum Gasteiger partial charge on any atom is -0.316 e. The zero-order valence-electron chi connectivity index (χ0n) is 8.29. The lowest BCUT2D eigenvalue weighted by molar-refractivity contribution is 0.145. The van der Waals surface area contributed by atoms with Gasteiger partial charge in [0, 0.05) is 18.7 Å². The molecule has 2 heterocycles. The molecule has 15 heavy (non-hydrogen) atoms. The van der Waals surface area contributed by atoms with Crippen molar-refractivity contribution in [2.24, 2.45) is 0 Å². The summed E-state index contributed by atoms with van der Waals surface area (Å²) in [7, 11) is 0. The van der Waals surface area contributed by atoms with E-state index >= 15 is 0 Å². The quantitative estimate of drug-likeness (QED) is 0.815. The van der Waals surface area contributed by atoms with Crippen molar-refractivity contribution >= 4 is 0 Å². The highest BCUT2D eigenvalue weighted by Gasteiger charge is 2.17. The van der Waals surface area contributed by atoms with Crippen molar-refractivity contribution in [2.45, 2.75) is 25.2 Å². The fourth-order valence-electron chi connectivity index (χ4n) is 1.78. The summed E-state index contributed by atoms with van der Waals surface area (Å²) in [5.74, 6) is 0.318. The lowest BCUT2D eigenvalue weighted by Crippen LogP contribution is -2.28. The standard InChI is InChI=1S/C10H13F2N3/c11-10(12)9-6-14-8(5-15-9)7-2-1-3-13-4-7/h5-7,10,13H,1-4H2. The zero-order chi connectivity index (χ0) is 10.7. The van der Waals surface area contributed by atoms with Crippen LogP contribution in [0.1, 0.15) is 36.6 Å². The minimum absolute atomic E-state index is 0.248. The van der Waals surface area contributed by atoms with Gasteiger partial charge in [0.2, 0.25) is 0 Å². The van der Waals surface area contributed by atoms with Crippen LogP contribution in [0.2, 0.25) is 0 Å². The summed E-state index contributed by atoms with van der Waals surface area (Å²) in [6, 6.07) is 0. The van der Waals surface area contributed by atoms with Gasteiger partial charge in [0.1, 0.15) is 5.69 Å². The van der Waals surface area contributed by atoms with Gasteiger partial charge in [-0.2, -0.15) is 0 Å². The van der Waals surface area contributed by atoms with E-state index in [1.54, 1.807) is 0 Å². The first-order chi connectivity index (χ1) is 7.27. The Morgan fingerprint density at radius 3 is 2.73 bits per heavy atom. The zero-order valence-corrected chi connectivity index (χ0v) is 8.29. The molecule has 1 atom stereocenters. The van der Waals surface area contributed by atoms with Crippen molar-refractivity contribution in [3.63, 3.8) is 0 Å². The van der Waals surface area contributed by atoms with E-state index in [1.807, 2.05) is 0 Å². The fourth-order valence-corrected chi connectivity index (χ4v) is 1.78. The molecule has 1 N–H and O–H groups in total. The molecule has 5 heteroatoms. The molecule has 0 aliphatic carbocycles. The molecule has 1 aromatic rings. The van der Waals surface area contributed by atoms with E-state index in [4.69, 9.17) is 0 Å². The molecule has 0 saturated carbocycles. The maximum Gasteiger partial charge on any atom is 0.281 e. The van der Waals surface area contributed by atoms with E-state index in [0.717, 1.165) is 31.6 Å². The number of hydrogen-bond donors (Lipinski definition) is 1. The summed E-state index contributed by atoms with van der Waals surface area (Å²) in [5, 5.41) is 3.25. The van der Waals surface area contributed by atoms with Crippen molar-refractivity contribution in [1.29, 1.82) is 0 Å². The third-order valence-electron chi connectivity index (χ3n) is 2.63. The van der Waals surface area contributed by atoms with Crippen LogP contribution in [-0.4, -0.2) is 23.1 Å². The third-order valence-corrected chi connectivity index (χ3v) is 2.63. The molecule has 0 aromatic carbocycles. The topological polar surface area (TPSA) is 37.8 Å². The second-order valence-corrected chi connectivity index (χ2v) is 3.71. The maximum absolute atomic E-state index is 12.2. The summed E-state index contributed by atoms with van der Waals surface area (Å²) in [5.41, 5.74) is 0.564. The first-order valence-corrected chi connectivity index (χ1v) is 5.08. The van der Waals surface area contributed by atoms with Gasteiger partial charge in [0.25, 0.3) is 6.43 Å². The van der Waals surface area contributed by atoms with Gasteiger partial charge in [0.05, 0.1) is 11.9 Å². The Morgan fingerprint density at radius 2 is 2.20 bits per heavy atom. The summed E-state index contributed by atoms with van der Waals surface area (Å²) in [6.07, 6.45) is 2.27. The SMILES string of the molecule is FC(F)c1cnc(C2CCCNC2)cn1. The van der Waals surface area contributed by atoms with Crippen molar-refractivity contribution in [1.82, 2.24) is 15.3 Å². The highest BCUT2D eigenvalue weighted by Crippen LogP contribution is 2.22. The van der Waals surface area contributed by atoms with Crippen LogP contribution in [0.15, 0.2) is 12.4 Å². The highest BCUT2D eigenvalue weighted by atomic mass is 19.3. The molecular formula is C10H13F2N3. The van der Waals surface area contributed by atoms with Crippen LogP contribution in [0, 0.1) is 0 Å². The molecule has 1 aliphatic rings. The van der Waals surface area contributed by atoms with Crippen LogP contribution in [0.25, 0.3) is 0 Å². The van der Waals surface area contributed by atoms with Crippen LogP contribution in [0.4, 0.5) is 8.78 Å². The Hall–Kier alpha value is -1.10. The number of nitrogens with zero attached hydrogens (tertiary/aromatic N) is 2. The van der Waals surface area contributed by atoms with Crippen molar-refractivity contribution in [3.05, 3.63) is 23.8 Å². The normalized spacial score (nSPS) is 21.9. The Labute approximate surface area is 86.9 Å². The average molecular weight is 213 g/mol. The molecule has 1 aliphatic heterocycles. The molecule has 1 unspecified atom stereocenters. The summed E-state index contributed by atoms with van der Waals surface area (Å²) < 4.78 is 24.5. The monoisotopic (exact) mass is 213 g/mol. The van der Waals surface area contributed by atoms with Crippen LogP contribution < -0.4 is 5.32 Å². The van der Waals surface area contributed by atoms with E-state index < -0.39 is 6.43 Å². The average Bonchev–Trinajstić information content (AvgIpc) is 2.30. The van der Waals surface area contributed by atoms with E-state index in [1.165, 1.54) is 12.4 Å². The molecule has 82 valence electrons. The van der Waals surface area contributed by atoms with Gasteiger partial charge in [-0.05, 0) is 19.4 Å². The fraction of sp³-hybridized carbons (Fsp3) is 0.600. The van der Waals surface area contributed by atoms with Gasteiger partial charge in [-0.3, -0.25) is 9.97 Å². The molecule has 0 radical (unpaired) electrons. The third kappa shape index (κ3) is 2.47. The van der Waals surface area contributed by atoms with Gasteiger partial charge < -0.3 is 5.32 Å².